The van der Waals surface area contributed by atoms with Gasteiger partial charge in [-0.2, -0.15) is 0 Å². The van der Waals surface area contributed by atoms with Gasteiger partial charge in [-0.15, -0.1) is 0 Å². The molecule has 0 aromatic heterocycles. The highest BCUT2D eigenvalue weighted by Crippen LogP contribution is 2.23. The number of benzene rings is 2. The molecule has 6 atom stereocenters. The molecule has 2 heterocycles. The third-order valence-corrected chi connectivity index (χ3v) is 8.65. The Morgan fingerprint density at radius 2 is 1.26 bits per heavy atom. The number of carbonyl (C=O) groups excluding carboxylic acids is 1. The molecular weight excluding hydrogens is 468 g/mol. The molecule has 4 rings (SSSR count). The van der Waals surface area contributed by atoms with Crippen LogP contribution >= 0.6 is 0 Å². The van der Waals surface area contributed by atoms with Gasteiger partial charge in [-0.25, -0.2) is 0 Å². The molecule has 0 radical (unpaired) electrons. The maximum absolute atomic E-state index is 11.6. The van der Waals surface area contributed by atoms with Gasteiger partial charge in [-0.3, -0.25) is 14.6 Å². The lowest BCUT2D eigenvalue weighted by molar-refractivity contribution is -0.122. The molecular formula is C33H52N4O. The minimum atomic E-state index is 0.178. The number of amides is 1. The summed E-state index contributed by atoms with van der Waals surface area (Å²) in [4.78, 5) is 16.7. The maximum Gasteiger partial charge on any atom is 0.219 e. The summed E-state index contributed by atoms with van der Waals surface area (Å²) in [6, 6.07) is 23.3. The Hall–Kier alpha value is -2.21. The van der Waals surface area contributed by atoms with Gasteiger partial charge >= 0.3 is 0 Å². The molecule has 3 N–H and O–H groups in total. The second-order valence-electron chi connectivity index (χ2n) is 11.8. The average molecular weight is 521 g/mol. The summed E-state index contributed by atoms with van der Waals surface area (Å²) in [5.41, 5.74) is 8.95. The van der Waals surface area contributed by atoms with Gasteiger partial charge in [-0.1, -0.05) is 81.4 Å². The molecule has 0 saturated carbocycles. The lowest BCUT2D eigenvalue weighted by Gasteiger charge is -2.42. The van der Waals surface area contributed by atoms with Crippen LogP contribution in [0.3, 0.4) is 0 Å². The normalized spacial score (nSPS) is 28.3. The van der Waals surface area contributed by atoms with Gasteiger partial charge in [0, 0.05) is 56.8 Å². The number of carbonyl (C=O) groups is 1. The molecule has 0 bridgehead atoms. The van der Waals surface area contributed by atoms with Crippen molar-refractivity contribution in [3.8, 4) is 0 Å². The van der Waals surface area contributed by atoms with Crippen LogP contribution in [0.4, 0.5) is 0 Å². The Morgan fingerprint density at radius 3 is 1.76 bits per heavy atom. The van der Waals surface area contributed by atoms with Crippen LogP contribution in [0.5, 0.6) is 0 Å². The number of rotatable bonds is 8. The summed E-state index contributed by atoms with van der Waals surface area (Å²) in [6.45, 7) is 15.5. The number of likely N-dealkylation sites (tertiary alicyclic amines) is 2. The van der Waals surface area contributed by atoms with Crippen molar-refractivity contribution in [3.05, 3.63) is 71.8 Å². The third-order valence-electron chi connectivity index (χ3n) is 8.65. The number of nitrogens with one attached hydrogen (secondary N) is 1. The molecule has 2 aromatic carbocycles. The van der Waals surface area contributed by atoms with Gasteiger partial charge in [0.05, 0.1) is 0 Å². The molecule has 2 aromatic rings. The Labute approximate surface area is 232 Å². The molecule has 2 aliphatic heterocycles. The number of nitrogens with zero attached hydrogens (tertiary/aromatic N) is 2. The first-order valence-electron chi connectivity index (χ1n) is 14.9. The zero-order valence-electron chi connectivity index (χ0n) is 24.5. The summed E-state index contributed by atoms with van der Waals surface area (Å²) < 4.78 is 0. The minimum absolute atomic E-state index is 0.178. The van der Waals surface area contributed by atoms with Crippen molar-refractivity contribution in [2.24, 2.45) is 17.6 Å². The molecule has 5 heteroatoms. The van der Waals surface area contributed by atoms with Crippen LogP contribution in [0, 0.1) is 11.8 Å². The number of hydrogen-bond acceptors (Lipinski definition) is 4. The highest BCUT2D eigenvalue weighted by Gasteiger charge is 2.31. The van der Waals surface area contributed by atoms with E-state index in [1.54, 1.807) is 0 Å². The second-order valence-corrected chi connectivity index (χ2v) is 11.8. The summed E-state index contributed by atoms with van der Waals surface area (Å²) >= 11 is 0. The summed E-state index contributed by atoms with van der Waals surface area (Å²) in [5.74, 6) is 1.33. The summed E-state index contributed by atoms with van der Waals surface area (Å²) in [5, 5.41) is 3.18. The summed E-state index contributed by atoms with van der Waals surface area (Å²) in [6.07, 6.45) is 5.02. The lowest BCUT2D eigenvalue weighted by atomic mass is 9.89. The summed E-state index contributed by atoms with van der Waals surface area (Å²) in [7, 11) is 0. The second kappa shape index (κ2) is 15.4. The molecule has 2 saturated heterocycles. The van der Waals surface area contributed by atoms with E-state index in [1.807, 2.05) is 6.92 Å². The largest absolute Gasteiger partial charge is 0.353 e. The van der Waals surface area contributed by atoms with Gasteiger partial charge in [0.1, 0.15) is 0 Å². The minimum Gasteiger partial charge on any atom is -0.353 e. The molecule has 0 aliphatic carbocycles. The lowest BCUT2D eigenvalue weighted by Crippen LogP contribution is -2.53. The van der Waals surface area contributed by atoms with E-state index < -0.39 is 0 Å². The quantitative estimate of drug-likeness (QED) is 0.506. The van der Waals surface area contributed by atoms with Gasteiger partial charge in [0.25, 0.3) is 0 Å². The van der Waals surface area contributed by atoms with E-state index in [-0.39, 0.29) is 5.91 Å². The molecule has 0 spiro atoms. The highest BCUT2D eigenvalue weighted by atomic mass is 16.1. The fraction of sp³-hybridized carbons (Fsp3) is 0.606. The molecule has 38 heavy (non-hydrogen) atoms. The standard InChI is InChI=1S/C18H28N2O.C15H24N2/c1-4-18(21)19-17-12-15(3)20(13-14(17)2)11-10-16-8-6-5-7-9-16;1-12-11-17(13(2)10-15(12)16)9-8-14-6-4-3-5-7-14/h5-9,14-15,17H,4,10-13H2,1-3H3,(H,19,21);3-7,12-13,15H,8-11,16H2,1-2H3. The first kappa shape index (κ1) is 30.3. The highest BCUT2D eigenvalue weighted by molar-refractivity contribution is 5.75. The van der Waals surface area contributed by atoms with Crippen molar-refractivity contribution >= 4 is 5.91 Å². The first-order valence-corrected chi connectivity index (χ1v) is 14.9. The average Bonchev–Trinajstić information content (AvgIpc) is 2.92. The zero-order valence-corrected chi connectivity index (χ0v) is 24.5. The number of hydrogen-bond donors (Lipinski definition) is 2. The van der Waals surface area contributed by atoms with Crippen LogP contribution in [0.2, 0.25) is 0 Å². The molecule has 2 aliphatic rings. The SMILES string of the molecule is CC1CN(CCc2ccccc2)C(C)CC1N.CCC(=O)NC1CC(C)N(CCc2ccccc2)CC1C. The van der Waals surface area contributed by atoms with Gasteiger partial charge in [-0.05, 0) is 62.5 Å². The van der Waals surface area contributed by atoms with Crippen molar-refractivity contribution < 1.29 is 4.79 Å². The monoisotopic (exact) mass is 520 g/mol. The fourth-order valence-electron chi connectivity index (χ4n) is 5.85. The van der Waals surface area contributed by atoms with Gasteiger partial charge in [0.15, 0.2) is 0 Å². The maximum atomic E-state index is 11.6. The molecule has 5 nitrogen and oxygen atoms in total. The fourth-order valence-corrected chi connectivity index (χ4v) is 5.85. The van der Waals surface area contributed by atoms with Gasteiger partial charge < -0.3 is 11.1 Å². The Balaban J connectivity index is 0.000000215. The number of nitrogens with two attached hydrogens (primary N) is 1. The van der Waals surface area contributed by atoms with Crippen LogP contribution in [0.25, 0.3) is 0 Å². The molecule has 1 amide bonds. The van der Waals surface area contributed by atoms with Crippen LogP contribution in [0.15, 0.2) is 60.7 Å². The van der Waals surface area contributed by atoms with E-state index in [9.17, 15) is 4.79 Å². The van der Waals surface area contributed by atoms with E-state index in [4.69, 9.17) is 5.73 Å². The van der Waals surface area contributed by atoms with E-state index in [0.717, 1.165) is 51.9 Å². The van der Waals surface area contributed by atoms with Crippen LogP contribution in [-0.2, 0) is 17.6 Å². The topological polar surface area (TPSA) is 61.6 Å². The van der Waals surface area contributed by atoms with Gasteiger partial charge in [0.2, 0.25) is 5.91 Å². The van der Waals surface area contributed by atoms with Crippen molar-refractivity contribution in [2.45, 2.75) is 90.9 Å². The van der Waals surface area contributed by atoms with E-state index in [1.165, 1.54) is 11.1 Å². The van der Waals surface area contributed by atoms with Crippen molar-refractivity contribution in [1.29, 1.82) is 0 Å². The van der Waals surface area contributed by atoms with Crippen LogP contribution < -0.4 is 11.1 Å². The number of piperidine rings is 2. The molecule has 210 valence electrons. The van der Waals surface area contributed by atoms with Crippen LogP contribution in [-0.4, -0.2) is 66.1 Å². The Bertz CT molecular complexity index is 937. The predicted octanol–water partition coefficient (Wildman–Crippen LogP) is 5.14. The smallest absolute Gasteiger partial charge is 0.219 e. The van der Waals surface area contributed by atoms with E-state index >= 15 is 0 Å². The third kappa shape index (κ3) is 9.52. The van der Waals surface area contributed by atoms with Crippen molar-refractivity contribution in [1.82, 2.24) is 15.1 Å². The Morgan fingerprint density at radius 1 is 0.789 bits per heavy atom. The zero-order chi connectivity index (χ0) is 27.5. The van der Waals surface area contributed by atoms with Crippen molar-refractivity contribution in [2.75, 3.05) is 26.2 Å². The Kier molecular flexibility index (Phi) is 12.3. The molecule has 6 unspecified atom stereocenters. The van der Waals surface area contributed by atoms with Crippen LogP contribution in [0.1, 0.15) is 65.0 Å². The van der Waals surface area contributed by atoms with E-state index in [0.29, 0.717) is 42.4 Å². The first-order chi connectivity index (χ1) is 18.3. The van der Waals surface area contributed by atoms with Crippen molar-refractivity contribution in [3.63, 3.8) is 0 Å². The predicted molar refractivity (Wildman–Crippen MR) is 160 cm³/mol. The molecule has 2 fully saturated rings. The van der Waals surface area contributed by atoms with E-state index in [2.05, 4.69) is 103 Å².